The Morgan fingerprint density at radius 1 is 1.35 bits per heavy atom. The van der Waals surface area contributed by atoms with Gasteiger partial charge in [-0.15, -0.1) is 0 Å². The molecule has 0 aliphatic rings. The Kier molecular flexibility index (Phi) is 4.73. The van der Waals surface area contributed by atoms with Crippen LogP contribution in [0.2, 0.25) is 0 Å². The Morgan fingerprint density at radius 3 is 2.45 bits per heavy atom. The fourth-order valence-corrected chi connectivity index (χ4v) is 1.53. The molecule has 0 bridgehead atoms. The molecule has 0 atom stereocenters. The first-order valence-electron chi connectivity index (χ1n) is 6.32. The van der Waals surface area contributed by atoms with E-state index in [-0.39, 0.29) is 5.84 Å². The molecule has 0 saturated carbocycles. The third-order valence-electron chi connectivity index (χ3n) is 3.71. The zero-order valence-corrected chi connectivity index (χ0v) is 12.2. The predicted molar refractivity (Wildman–Crippen MR) is 76.1 cm³/mol. The normalized spacial score (nSPS) is 13.6. The largest absolute Gasteiger partial charge is 0.409 e. The van der Waals surface area contributed by atoms with E-state index in [9.17, 15) is 9.50 Å². The Morgan fingerprint density at radius 2 is 1.95 bits per heavy atom. The Balaban J connectivity index is 3.00. The van der Waals surface area contributed by atoms with E-state index in [2.05, 4.69) is 10.5 Å². The van der Waals surface area contributed by atoms with Crippen molar-refractivity contribution in [3.8, 4) is 0 Å². The van der Waals surface area contributed by atoms with Gasteiger partial charge in [0, 0.05) is 17.6 Å². The fourth-order valence-electron chi connectivity index (χ4n) is 1.53. The Labute approximate surface area is 118 Å². The van der Waals surface area contributed by atoms with Gasteiger partial charge in [-0.2, -0.15) is 0 Å². The maximum absolute atomic E-state index is 13.3. The van der Waals surface area contributed by atoms with Gasteiger partial charge < -0.3 is 21.4 Å². The molecule has 1 aromatic rings. The zero-order chi connectivity index (χ0) is 15.6. The lowest BCUT2D eigenvalue weighted by Gasteiger charge is -2.38. The number of benzene rings is 1. The number of amidine groups is 1. The molecular weight excluding hydrogens is 261 g/mol. The van der Waals surface area contributed by atoms with E-state index in [1.165, 1.54) is 12.1 Å². The molecule has 0 amide bonds. The van der Waals surface area contributed by atoms with E-state index >= 15 is 0 Å². The number of rotatable bonds is 5. The highest BCUT2D eigenvalue weighted by molar-refractivity contribution is 5.98. The number of halogens is 1. The topological polar surface area (TPSA) is 90.9 Å². The number of nitrogens with one attached hydrogen (secondary N) is 1. The molecule has 0 saturated heterocycles. The van der Waals surface area contributed by atoms with E-state index in [0.29, 0.717) is 17.7 Å². The van der Waals surface area contributed by atoms with Crippen molar-refractivity contribution in [2.75, 3.05) is 0 Å². The lowest BCUT2D eigenvalue weighted by Crippen LogP contribution is -2.55. The highest BCUT2D eigenvalue weighted by Gasteiger charge is 2.34. The van der Waals surface area contributed by atoms with E-state index in [1.807, 2.05) is 13.8 Å². The van der Waals surface area contributed by atoms with Gasteiger partial charge in [0.05, 0.1) is 5.60 Å². The van der Waals surface area contributed by atoms with Crippen LogP contribution in [0.4, 0.5) is 4.39 Å². The van der Waals surface area contributed by atoms with Crippen LogP contribution in [0, 0.1) is 5.82 Å². The van der Waals surface area contributed by atoms with E-state index < -0.39 is 17.0 Å². The number of aliphatic hydroxyl groups is 1. The lowest BCUT2D eigenvalue weighted by atomic mass is 9.85. The summed E-state index contributed by atoms with van der Waals surface area (Å²) in [6.45, 7) is 7.48. The molecule has 1 aromatic carbocycles. The van der Waals surface area contributed by atoms with Crippen LogP contribution in [0.3, 0.4) is 0 Å². The highest BCUT2D eigenvalue weighted by Crippen LogP contribution is 2.22. The van der Waals surface area contributed by atoms with Crippen LogP contribution in [-0.4, -0.2) is 27.3 Å². The number of nitrogens with zero attached hydrogens (tertiary/aromatic N) is 1. The van der Waals surface area contributed by atoms with Gasteiger partial charge in [-0.1, -0.05) is 11.2 Å². The van der Waals surface area contributed by atoms with Gasteiger partial charge in [0.1, 0.15) is 5.82 Å². The van der Waals surface area contributed by atoms with Crippen molar-refractivity contribution in [2.45, 2.75) is 45.4 Å². The monoisotopic (exact) mass is 283 g/mol. The quantitative estimate of drug-likeness (QED) is 0.286. The first kappa shape index (κ1) is 16.4. The molecule has 0 aliphatic heterocycles. The second kappa shape index (κ2) is 5.76. The smallest absolute Gasteiger partial charge is 0.170 e. The summed E-state index contributed by atoms with van der Waals surface area (Å²) in [5, 5.41) is 24.9. The third kappa shape index (κ3) is 3.68. The summed E-state index contributed by atoms with van der Waals surface area (Å²) in [5.41, 5.74) is 5.04. The van der Waals surface area contributed by atoms with Gasteiger partial charge in [0.15, 0.2) is 5.84 Å². The standard InChI is InChI=1S/C14H22FN3O2/c1-13(2,14(3,4)19)17-8-9-5-6-10(15)7-11(9)12(16)18-20/h5-7,17,19-20H,8H2,1-4H3,(H2,16,18). The van der Waals surface area contributed by atoms with Crippen LogP contribution in [0.1, 0.15) is 38.8 Å². The fraction of sp³-hybridized carbons (Fsp3) is 0.500. The molecule has 6 heteroatoms. The molecule has 0 aromatic heterocycles. The van der Waals surface area contributed by atoms with Gasteiger partial charge in [-0.25, -0.2) is 4.39 Å². The second-order valence-electron chi connectivity index (χ2n) is 5.82. The van der Waals surface area contributed by atoms with Crippen molar-refractivity contribution in [1.29, 1.82) is 0 Å². The average molecular weight is 283 g/mol. The molecule has 5 nitrogen and oxygen atoms in total. The Hall–Kier alpha value is -1.66. The van der Waals surface area contributed by atoms with Crippen LogP contribution in [0.25, 0.3) is 0 Å². The van der Waals surface area contributed by atoms with Gasteiger partial charge in [0.2, 0.25) is 0 Å². The molecule has 1 rings (SSSR count). The lowest BCUT2D eigenvalue weighted by molar-refractivity contribution is -0.00532. The van der Waals surface area contributed by atoms with Crippen LogP contribution in [0.15, 0.2) is 23.4 Å². The number of hydrogen-bond donors (Lipinski definition) is 4. The molecule has 0 fully saturated rings. The Bertz CT molecular complexity index is 508. The maximum Gasteiger partial charge on any atom is 0.170 e. The van der Waals surface area contributed by atoms with Crippen molar-refractivity contribution in [3.63, 3.8) is 0 Å². The summed E-state index contributed by atoms with van der Waals surface area (Å²) < 4.78 is 13.3. The molecule has 0 spiro atoms. The molecule has 0 aliphatic carbocycles. The van der Waals surface area contributed by atoms with Gasteiger partial charge >= 0.3 is 0 Å². The zero-order valence-electron chi connectivity index (χ0n) is 12.2. The SMILES string of the molecule is CC(C)(O)C(C)(C)NCc1ccc(F)cc1/C(N)=N/O. The first-order valence-corrected chi connectivity index (χ1v) is 6.32. The van der Waals surface area contributed by atoms with Crippen molar-refractivity contribution in [2.24, 2.45) is 10.9 Å². The van der Waals surface area contributed by atoms with Crippen molar-refractivity contribution < 1.29 is 14.7 Å². The number of oxime groups is 1. The van der Waals surface area contributed by atoms with Crippen molar-refractivity contribution in [1.82, 2.24) is 5.32 Å². The second-order valence-corrected chi connectivity index (χ2v) is 5.82. The van der Waals surface area contributed by atoms with Crippen LogP contribution in [-0.2, 0) is 6.54 Å². The van der Waals surface area contributed by atoms with Crippen molar-refractivity contribution in [3.05, 3.63) is 35.1 Å². The maximum atomic E-state index is 13.3. The summed E-state index contributed by atoms with van der Waals surface area (Å²) in [4.78, 5) is 0. The number of nitrogens with two attached hydrogens (primary N) is 1. The molecule has 0 unspecified atom stereocenters. The molecule has 20 heavy (non-hydrogen) atoms. The van der Waals surface area contributed by atoms with E-state index in [0.717, 1.165) is 0 Å². The van der Waals surface area contributed by atoms with Gasteiger partial charge in [-0.05, 0) is 45.4 Å². The third-order valence-corrected chi connectivity index (χ3v) is 3.71. The molecule has 0 heterocycles. The number of hydrogen-bond acceptors (Lipinski definition) is 4. The molecule has 5 N–H and O–H groups in total. The summed E-state index contributed by atoms with van der Waals surface area (Å²) in [5.74, 6) is -0.612. The van der Waals surface area contributed by atoms with E-state index in [4.69, 9.17) is 10.9 Å². The first-order chi connectivity index (χ1) is 9.08. The van der Waals surface area contributed by atoms with Crippen LogP contribution in [0.5, 0.6) is 0 Å². The summed E-state index contributed by atoms with van der Waals surface area (Å²) >= 11 is 0. The van der Waals surface area contributed by atoms with Gasteiger partial charge in [-0.3, -0.25) is 0 Å². The molecule has 0 radical (unpaired) electrons. The summed E-state index contributed by atoms with van der Waals surface area (Å²) in [6, 6.07) is 4.08. The molecule has 112 valence electrons. The van der Waals surface area contributed by atoms with Crippen LogP contribution < -0.4 is 11.1 Å². The van der Waals surface area contributed by atoms with E-state index in [1.54, 1.807) is 19.9 Å². The highest BCUT2D eigenvalue weighted by atomic mass is 19.1. The predicted octanol–water partition coefficient (Wildman–Crippen LogP) is 1.56. The minimum Gasteiger partial charge on any atom is -0.409 e. The van der Waals surface area contributed by atoms with Gasteiger partial charge in [0.25, 0.3) is 0 Å². The molecular formula is C14H22FN3O2. The summed E-state index contributed by atoms with van der Waals surface area (Å²) in [7, 11) is 0. The van der Waals surface area contributed by atoms with Crippen LogP contribution >= 0.6 is 0 Å². The van der Waals surface area contributed by atoms with Crippen molar-refractivity contribution >= 4 is 5.84 Å². The minimum atomic E-state index is -0.941. The summed E-state index contributed by atoms with van der Waals surface area (Å²) in [6.07, 6.45) is 0. The minimum absolute atomic E-state index is 0.151. The average Bonchev–Trinajstić information content (AvgIpc) is 2.35.